The van der Waals surface area contributed by atoms with Crippen LogP contribution < -0.4 is 15.4 Å². The van der Waals surface area contributed by atoms with Gasteiger partial charge in [0.15, 0.2) is 0 Å². The largest absolute Gasteiger partial charge is 0.497 e. The predicted molar refractivity (Wildman–Crippen MR) is 77.6 cm³/mol. The van der Waals surface area contributed by atoms with Crippen LogP contribution in [0.15, 0.2) is 54.6 Å². The van der Waals surface area contributed by atoms with E-state index < -0.39 is 6.04 Å². The van der Waals surface area contributed by atoms with Crippen LogP contribution in [0.1, 0.15) is 11.6 Å². The van der Waals surface area contributed by atoms with Crippen molar-refractivity contribution in [1.29, 1.82) is 0 Å². The van der Waals surface area contributed by atoms with Crippen LogP contribution >= 0.6 is 0 Å². The van der Waals surface area contributed by atoms with Crippen molar-refractivity contribution in [2.75, 3.05) is 12.0 Å². The standard InChI is InChI=1S/C16H16N2O2/c1-20-13-9-5-8-12(10-13)18-15(14(17)16(18)19)11-6-3-2-4-7-11/h2-10,14-15H,17H2,1H3/t14-,15+/m0/s1. The Bertz CT molecular complexity index is 627. The molecule has 4 nitrogen and oxygen atoms in total. The summed E-state index contributed by atoms with van der Waals surface area (Å²) in [5.41, 5.74) is 7.83. The molecule has 0 unspecified atom stereocenters. The zero-order valence-corrected chi connectivity index (χ0v) is 11.2. The van der Waals surface area contributed by atoms with Gasteiger partial charge in [0.1, 0.15) is 11.8 Å². The molecule has 1 aliphatic rings. The number of nitrogens with two attached hydrogens (primary N) is 1. The highest BCUT2D eigenvalue weighted by Crippen LogP contribution is 2.38. The second-order valence-electron chi connectivity index (χ2n) is 4.79. The van der Waals surface area contributed by atoms with E-state index in [2.05, 4.69) is 0 Å². The quantitative estimate of drug-likeness (QED) is 0.867. The van der Waals surface area contributed by atoms with E-state index in [4.69, 9.17) is 10.5 Å². The van der Waals surface area contributed by atoms with Crippen LogP contribution in [0.25, 0.3) is 0 Å². The van der Waals surface area contributed by atoms with Gasteiger partial charge in [0.25, 0.3) is 0 Å². The van der Waals surface area contributed by atoms with E-state index in [1.165, 1.54) is 0 Å². The number of carbonyl (C=O) groups excluding carboxylic acids is 1. The number of hydrogen-bond acceptors (Lipinski definition) is 3. The van der Waals surface area contributed by atoms with Crippen LogP contribution in [0, 0.1) is 0 Å². The summed E-state index contributed by atoms with van der Waals surface area (Å²) in [7, 11) is 1.61. The van der Waals surface area contributed by atoms with Gasteiger partial charge in [-0.05, 0) is 17.7 Å². The number of ether oxygens (including phenoxy) is 1. The third-order valence-corrected chi connectivity index (χ3v) is 3.61. The minimum absolute atomic E-state index is 0.0629. The van der Waals surface area contributed by atoms with Crippen LogP contribution in [-0.2, 0) is 4.79 Å². The number of hydrogen-bond donors (Lipinski definition) is 1. The second-order valence-corrected chi connectivity index (χ2v) is 4.79. The molecule has 2 atom stereocenters. The van der Waals surface area contributed by atoms with Crippen molar-refractivity contribution in [3.8, 4) is 5.75 Å². The highest BCUT2D eigenvalue weighted by atomic mass is 16.5. The second kappa shape index (κ2) is 4.98. The van der Waals surface area contributed by atoms with E-state index in [0.717, 1.165) is 17.0 Å². The minimum Gasteiger partial charge on any atom is -0.497 e. The van der Waals surface area contributed by atoms with E-state index in [-0.39, 0.29) is 11.9 Å². The van der Waals surface area contributed by atoms with Crippen molar-refractivity contribution >= 4 is 11.6 Å². The zero-order chi connectivity index (χ0) is 14.1. The van der Waals surface area contributed by atoms with Gasteiger partial charge in [0.05, 0.1) is 13.2 Å². The number of amides is 1. The Kier molecular flexibility index (Phi) is 3.16. The molecule has 1 aliphatic heterocycles. The Balaban J connectivity index is 1.97. The maximum Gasteiger partial charge on any atom is 0.247 e. The summed E-state index contributed by atoms with van der Waals surface area (Å²) < 4.78 is 5.21. The number of anilines is 1. The number of methoxy groups -OCH3 is 1. The molecule has 0 bridgehead atoms. The third-order valence-electron chi connectivity index (χ3n) is 3.61. The number of nitrogens with zero attached hydrogens (tertiary/aromatic N) is 1. The Morgan fingerprint density at radius 3 is 2.55 bits per heavy atom. The Morgan fingerprint density at radius 1 is 1.10 bits per heavy atom. The van der Waals surface area contributed by atoms with Gasteiger partial charge in [-0.2, -0.15) is 0 Å². The molecule has 0 aliphatic carbocycles. The van der Waals surface area contributed by atoms with Gasteiger partial charge in [0, 0.05) is 11.8 Å². The molecule has 4 heteroatoms. The highest BCUT2D eigenvalue weighted by molar-refractivity contribution is 6.05. The van der Waals surface area contributed by atoms with Crippen molar-refractivity contribution in [2.24, 2.45) is 5.73 Å². The smallest absolute Gasteiger partial charge is 0.247 e. The summed E-state index contributed by atoms with van der Waals surface area (Å²) >= 11 is 0. The average Bonchev–Trinajstić information content (AvgIpc) is 2.52. The predicted octanol–water partition coefficient (Wildman–Crippen LogP) is 2.11. The lowest BCUT2D eigenvalue weighted by molar-refractivity contribution is -0.126. The molecule has 102 valence electrons. The Labute approximate surface area is 117 Å². The van der Waals surface area contributed by atoms with E-state index in [0.29, 0.717) is 0 Å². The zero-order valence-electron chi connectivity index (χ0n) is 11.2. The van der Waals surface area contributed by atoms with Crippen LogP contribution in [-0.4, -0.2) is 19.1 Å². The van der Waals surface area contributed by atoms with Crippen LogP contribution in [0.3, 0.4) is 0 Å². The van der Waals surface area contributed by atoms with Crippen molar-refractivity contribution < 1.29 is 9.53 Å². The van der Waals surface area contributed by atoms with Gasteiger partial charge in [0.2, 0.25) is 5.91 Å². The molecule has 3 rings (SSSR count). The fraction of sp³-hybridized carbons (Fsp3) is 0.188. The lowest BCUT2D eigenvalue weighted by Crippen LogP contribution is -2.63. The lowest BCUT2D eigenvalue weighted by atomic mass is 9.88. The Hall–Kier alpha value is -2.33. The molecule has 1 heterocycles. The molecule has 0 radical (unpaired) electrons. The van der Waals surface area contributed by atoms with E-state index in [1.807, 2.05) is 54.6 Å². The molecule has 2 N–H and O–H groups in total. The molecule has 0 spiro atoms. The van der Waals surface area contributed by atoms with Crippen LogP contribution in [0.5, 0.6) is 5.75 Å². The van der Waals surface area contributed by atoms with E-state index in [9.17, 15) is 4.79 Å². The molecular formula is C16H16N2O2. The van der Waals surface area contributed by atoms with Crippen molar-refractivity contribution in [1.82, 2.24) is 0 Å². The number of carbonyl (C=O) groups is 1. The SMILES string of the molecule is COc1cccc(N2C(=O)[C@@H](N)[C@H]2c2ccccc2)c1. The molecule has 1 amide bonds. The van der Waals surface area contributed by atoms with Gasteiger partial charge in [-0.1, -0.05) is 36.4 Å². The third kappa shape index (κ3) is 1.94. The summed E-state index contributed by atoms with van der Waals surface area (Å²) in [4.78, 5) is 13.8. The van der Waals surface area contributed by atoms with E-state index in [1.54, 1.807) is 12.0 Å². The van der Waals surface area contributed by atoms with Gasteiger partial charge in [-0.25, -0.2) is 0 Å². The van der Waals surface area contributed by atoms with Gasteiger partial charge in [-0.15, -0.1) is 0 Å². The first kappa shape index (κ1) is 12.7. The topological polar surface area (TPSA) is 55.6 Å². The first-order chi connectivity index (χ1) is 9.72. The summed E-state index contributed by atoms with van der Waals surface area (Å²) in [6.45, 7) is 0. The highest BCUT2D eigenvalue weighted by Gasteiger charge is 2.46. The summed E-state index contributed by atoms with van der Waals surface area (Å²) in [6, 6.07) is 16.7. The van der Waals surface area contributed by atoms with Crippen molar-refractivity contribution in [2.45, 2.75) is 12.1 Å². The molecular weight excluding hydrogens is 252 g/mol. The van der Waals surface area contributed by atoms with Gasteiger partial charge in [-0.3, -0.25) is 4.79 Å². The summed E-state index contributed by atoms with van der Waals surface area (Å²) in [5, 5.41) is 0. The van der Waals surface area contributed by atoms with Crippen LogP contribution in [0.4, 0.5) is 5.69 Å². The maximum atomic E-state index is 12.1. The fourth-order valence-electron chi connectivity index (χ4n) is 2.57. The van der Waals surface area contributed by atoms with Crippen molar-refractivity contribution in [3.63, 3.8) is 0 Å². The Morgan fingerprint density at radius 2 is 1.85 bits per heavy atom. The molecule has 1 fully saturated rings. The molecule has 0 aromatic heterocycles. The fourth-order valence-corrected chi connectivity index (χ4v) is 2.57. The van der Waals surface area contributed by atoms with Gasteiger partial charge < -0.3 is 15.4 Å². The maximum absolute atomic E-state index is 12.1. The molecule has 2 aromatic carbocycles. The summed E-state index contributed by atoms with van der Waals surface area (Å²) in [6.07, 6.45) is 0. The number of benzene rings is 2. The lowest BCUT2D eigenvalue weighted by Gasteiger charge is -2.45. The molecule has 20 heavy (non-hydrogen) atoms. The monoisotopic (exact) mass is 268 g/mol. The van der Waals surface area contributed by atoms with Crippen LogP contribution in [0.2, 0.25) is 0 Å². The summed E-state index contributed by atoms with van der Waals surface area (Å²) in [5.74, 6) is 0.662. The normalized spacial score (nSPS) is 21.5. The molecule has 0 saturated carbocycles. The van der Waals surface area contributed by atoms with Crippen molar-refractivity contribution in [3.05, 3.63) is 60.2 Å². The first-order valence-electron chi connectivity index (χ1n) is 6.50. The molecule has 1 saturated heterocycles. The molecule has 2 aromatic rings. The first-order valence-corrected chi connectivity index (χ1v) is 6.50. The van der Waals surface area contributed by atoms with Gasteiger partial charge >= 0.3 is 0 Å². The van der Waals surface area contributed by atoms with E-state index >= 15 is 0 Å². The number of rotatable bonds is 3. The minimum atomic E-state index is -0.483. The number of β-lactam (4-membered cyclic amide) rings is 1. The average molecular weight is 268 g/mol.